The molecule has 0 saturated carbocycles. The third-order valence-corrected chi connectivity index (χ3v) is 9.33. The maximum Gasteiger partial charge on any atom is 0.312 e. The third kappa shape index (κ3) is 6.05. The SMILES string of the molecule is C/C1=C/C=C/[C@H](C)[C@H](O)[C@@H](C)[C@@H](O)[C@@H](C)[C@H](O)[C@H](C)[C@@H](O)/C=C/OC2(C)Oc3c(C)c(O)c4c(O)c(cc(O)c4c3C2=O)NC1=O. The first kappa shape index (κ1) is 34.8. The number of aliphatic hydroxyl groups is 4. The molecule has 12 nitrogen and oxygen atoms in total. The average Bonchev–Trinajstić information content (AvgIpc) is 3.28. The monoisotopic (exact) mass is 641 g/mol. The Morgan fingerprint density at radius 1 is 0.826 bits per heavy atom. The number of carbonyl (C=O) groups is 2. The van der Waals surface area contributed by atoms with Crippen molar-refractivity contribution in [1.29, 1.82) is 0 Å². The fourth-order valence-electron chi connectivity index (χ4n) is 5.98. The van der Waals surface area contributed by atoms with E-state index in [1.165, 1.54) is 32.9 Å². The van der Waals surface area contributed by atoms with Gasteiger partial charge >= 0.3 is 5.79 Å². The van der Waals surface area contributed by atoms with Crippen LogP contribution in [0.3, 0.4) is 0 Å². The lowest BCUT2D eigenvalue weighted by molar-refractivity contribution is -0.112. The molecule has 0 saturated heterocycles. The van der Waals surface area contributed by atoms with E-state index in [1.54, 1.807) is 39.8 Å². The number of anilines is 1. The van der Waals surface area contributed by atoms with Gasteiger partial charge in [-0.05, 0) is 19.9 Å². The summed E-state index contributed by atoms with van der Waals surface area (Å²) in [5.74, 6) is -7.83. The molecule has 0 radical (unpaired) electrons. The molecule has 12 heteroatoms. The van der Waals surface area contributed by atoms with Gasteiger partial charge in [-0.3, -0.25) is 9.59 Å². The molecule has 2 aromatic rings. The molecule has 46 heavy (non-hydrogen) atoms. The first-order valence-electron chi connectivity index (χ1n) is 15.1. The van der Waals surface area contributed by atoms with Gasteiger partial charge in [0.1, 0.15) is 17.2 Å². The third-order valence-electron chi connectivity index (χ3n) is 9.33. The number of fused-ring (bicyclic) bond motifs is 14. The van der Waals surface area contributed by atoms with Crippen molar-refractivity contribution in [2.24, 2.45) is 23.7 Å². The summed E-state index contributed by atoms with van der Waals surface area (Å²) in [5, 5.41) is 79.0. The Balaban J connectivity index is 1.83. The Morgan fingerprint density at radius 2 is 1.43 bits per heavy atom. The number of Topliss-reactive ketones (excluding diaryl/α,β-unsaturated/α-hetero) is 1. The number of rotatable bonds is 0. The van der Waals surface area contributed by atoms with Crippen molar-refractivity contribution in [3.05, 3.63) is 53.3 Å². The molecule has 9 atom stereocenters. The number of nitrogens with one attached hydrogen (secondary N) is 1. The van der Waals surface area contributed by atoms with E-state index < -0.39 is 82.8 Å². The first-order valence-corrected chi connectivity index (χ1v) is 15.1. The lowest BCUT2D eigenvalue weighted by Gasteiger charge is -2.35. The van der Waals surface area contributed by atoms with Crippen LogP contribution in [0.5, 0.6) is 23.0 Å². The fourth-order valence-corrected chi connectivity index (χ4v) is 5.98. The number of allylic oxidation sites excluding steroid dienone is 2. The van der Waals surface area contributed by atoms with Gasteiger partial charge < -0.3 is 50.5 Å². The zero-order valence-corrected chi connectivity index (χ0v) is 26.8. The molecule has 3 aliphatic rings. The van der Waals surface area contributed by atoms with Gasteiger partial charge in [-0.1, -0.05) is 45.9 Å². The van der Waals surface area contributed by atoms with Gasteiger partial charge in [0, 0.05) is 53.2 Å². The predicted octanol–water partition coefficient (Wildman–Crippen LogP) is 3.53. The summed E-state index contributed by atoms with van der Waals surface area (Å²) in [6.45, 7) is 10.8. The fraction of sp³-hybridized carbons (Fsp3) is 0.471. The number of amides is 1. The van der Waals surface area contributed by atoms with Gasteiger partial charge in [-0.25, -0.2) is 0 Å². The summed E-state index contributed by atoms with van der Waals surface area (Å²) in [4.78, 5) is 26.7. The highest BCUT2D eigenvalue weighted by Gasteiger charge is 2.49. The number of phenols is 3. The average molecular weight is 642 g/mol. The zero-order chi connectivity index (χ0) is 34.4. The van der Waals surface area contributed by atoms with Crippen LogP contribution in [0.25, 0.3) is 10.8 Å². The van der Waals surface area contributed by atoms with Crippen molar-refractivity contribution in [2.75, 3.05) is 5.32 Å². The number of benzene rings is 2. The summed E-state index contributed by atoms with van der Waals surface area (Å²) in [6.07, 6.45) is 2.28. The number of aromatic hydroxyl groups is 3. The van der Waals surface area contributed by atoms with E-state index in [4.69, 9.17) is 9.47 Å². The second-order valence-corrected chi connectivity index (χ2v) is 12.6. The Labute approximate surface area is 266 Å². The van der Waals surface area contributed by atoms with Crippen molar-refractivity contribution in [2.45, 2.75) is 78.7 Å². The molecule has 1 unspecified atom stereocenters. The van der Waals surface area contributed by atoms with Crippen LogP contribution in [0.2, 0.25) is 0 Å². The van der Waals surface area contributed by atoms with E-state index >= 15 is 0 Å². The molecule has 3 heterocycles. The molecular formula is C34H43NO11. The van der Waals surface area contributed by atoms with Crippen LogP contribution >= 0.6 is 0 Å². The minimum Gasteiger partial charge on any atom is -0.507 e. The number of ether oxygens (including phenoxy) is 2. The minimum absolute atomic E-state index is 0.0620. The number of ketones is 1. The summed E-state index contributed by atoms with van der Waals surface area (Å²) < 4.78 is 11.5. The zero-order valence-electron chi connectivity index (χ0n) is 26.8. The molecule has 0 spiro atoms. The number of hydrogen-bond donors (Lipinski definition) is 8. The quantitative estimate of drug-likeness (QED) is 0.154. The Kier molecular flexibility index (Phi) is 9.79. The maximum atomic E-state index is 13.7. The standard InChI is InChI=1S/C34H43NO11/c1-14-9-8-10-15(2)33(44)35-20-13-22(37)23-24(30(20)42)29(41)19(6)31-25(23)32(43)34(7,46-31)45-12-11-21(36)16(3)27(39)18(5)28(40)17(4)26(14)38/h8-14,16-18,21,26-28,36-42H,1-7H3,(H,35,44)/b9-8+,12-11+,15-10-/t14-,16+,17+,18-,21-,26-,27+,28+,34?/m0/s1. The first-order chi connectivity index (χ1) is 21.4. The molecule has 5 rings (SSSR count). The topological polar surface area (TPSA) is 206 Å². The van der Waals surface area contributed by atoms with Crippen LogP contribution in [0.1, 0.15) is 57.5 Å². The minimum atomic E-state index is -2.00. The van der Waals surface area contributed by atoms with E-state index in [0.29, 0.717) is 0 Å². The van der Waals surface area contributed by atoms with Crippen molar-refractivity contribution in [3.63, 3.8) is 0 Å². The molecule has 8 N–H and O–H groups in total. The molecule has 5 bridgehead atoms. The van der Waals surface area contributed by atoms with E-state index in [-0.39, 0.29) is 38.9 Å². The van der Waals surface area contributed by atoms with Gasteiger partial charge in [-0.2, -0.15) is 0 Å². The summed E-state index contributed by atoms with van der Waals surface area (Å²) in [6, 6.07) is 1.05. The molecule has 0 fully saturated rings. The number of aliphatic hydroxyl groups excluding tert-OH is 4. The molecule has 1 amide bonds. The summed E-state index contributed by atoms with van der Waals surface area (Å²) in [7, 11) is 0. The Hall–Kier alpha value is -4.10. The van der Waals surface area contributed by atoms with Gasteiger partial charge in [-0.15, -0.1) is 0 Å². The summed E-state index contributed by atoms with van der Waals surface area (Å²) >= 11 is 0. The van der Waals surface area contributed by atoms with Crippen molar-refractivity contribution < 1.29 is 54.8 Å². The second kappa shape index (κ2) is 13.0. The van der Waals surface area contributed by atoms with Crippen LogP contribution in [0.4, 0.5) is 5.69 Å². The van der Waals surface area contributed by atoms with Crippen LogP contribution in [-0.4, -0.2) is 77.6 Å². The van der Waals surface area contributed by atoms with E-state index in [1.807, 2.05) is 0 Å². The summed E-state index contributed by atoms with van der Waals surface area (Å²) in [5.41, 5.74) is -0.134. The van der Waals surface area contributed by atoms with Crippen molar-refractivity contribution in [1.82, 2.24) is 0 Å². The highest BCUT2D eigenvalue weighted by Crippen LogP contribution is 2.53. The number of phenolic OH excluding ortho intramolecular Hbond substituents is 3. The largest absolute Gasteiger partial charge is 0.507 e. The van der Waals surface area contributed by atoms with Gasteiger partial charge in [0.05, 0.1) is 47.3 Å². The van der Waals surface area contributed by atoms with Gasteiger partial charge in [0.15, 0.2) is 5.75 Å². The van der Waals surface area contributed by atoms with Gasteiger partial charge in [0.2, 0.25) is 0 Å². The molecule has 2 aromatic carbocycles. The van der Waals surface area contributed by atoms with E-state index in [2.05, 4.69) is 5.32 Å². The van der Waals surface area contributed by atoms with Crippen LogP contribution in [-0.2, 0) is 9.53 Å². The van der Waals surface area contributed by atoms with Crippen LogP contribution in [0, 0.1) is 30.6 Å². The smallest absolute Gasteiger partial charge is 0.312 e. The molecule has 3 aliphatic heterocycles. The normalized spacial score (nSPS) is 35.2. The lowest BCUT2D eigenvalue weighted by Crippen LogP contribution is -2.44. The Bertz CT molecular complexity index is 1630. The second-order valence-electron chi connectivity index (χ2n) is 12.6. The van der Waals surface area contributed by atoms with Gasteiger partial charge in [0.25, 0.3) is 11.7 Å². The number of hydrogen-bond acceptors (Lipinski definition) is 11. The molecular weight excluding hydrogens is 598 g/mol. The highest BCUT2D eigenvalue weighted by atomic mass is 16.7. The highest BCUT2D eigenvalue weighted by molar-refractivity contribution is 6.21. The lowest BCUT2D eigenvalue weighted by atomic mass is 9.78. The predicted molar refractivity (Wildman–Crippen MR) is 169 cm³/mol. The maximum absolute atomic E-state index is 13.7. The molecule has 0 aliphatic carbocycles. The molecule has 250 valence electrons. The van der Waals surface area contributed by atoms with Crippen molar-refractivity contribution >= 4 is 28.2 Å². The van der Waals surface area contributed by atoms with Crippen LogP contribution < -0.4 is 10.1 Å². The molecule has 0 aromatic heterocycles. The van der Waals surface area contributed by atoms with E-state index in [9.17, 15) is 45.3 Å². The Morgan fingerprint density at radius 3 is 2.09 bits per heavy atom. The number of carbonyl (C=O) groups excluding carboxylic acids is 2. The van der Waals surface area contributed by atoms with Crippen molar-refractivity contribution in [3.8, 4) is 23.0 Å². The van der Waals surface area contributed by atoms with E-state index in [0.717, 1.165) is 12.3 Å². The van der Waals surface area contributed by atoms with Crippen LogP contribution in [0.15, 0.2) is 42.2 Å².